The van der Waals surface area contributed by atoms with E-state index in [1.165, 1.54) is 6.42 Å². The van der Waals surface area contributed by atoms with Crippen LogP contribution in [0.5, 0.6) is 0 Å². The van der Waals surface area contributed by atoms with Crippen LogP contribution in [-0.2, 0) is 16.4 Å². The number of hydrogen-bond acceptors (Lipinski definition) is 3. The summed E-state index contributed by atoms with van der Waals surface area (Å²) in [5.74, 6) is 0.558. The predicted octanol–water partition coefficient (Wildman–Crippen LogP) is 2.50. The van der Waals surface area contributed by atoms with Crippen molar-refractivity contribution in [2.45, 2.75) is 38.1 Å². The van der Waals surface area contributed by atoms with Crippen molar-refractivity contribution in [3.63, 3.8) is 0 Å². The molecule has 2 atom stereocenters. The first-order valence-corrected chi connectivity index (χ1v) is 9.83. The van der Waals surface area contributed by atoms with Gasteiger partial charge in [0.2, 0.25) is 10.0 Å². The molecule has 0 radical (unpaired) electrons. The van der Waals surface area contributed by atoms with Crippen LogP contribution in [0.25, 0.3) is 0 Å². The van der Waals surface area contributed by atoms with E-state index in [2.05, 4.69) is 25.6 Å². The first kappa shape index (κ1) is 15.9. The summed E-state index contributed by atoms with van der Waals surface area (Å²) in [6, 6.07) is 3.81. The highest BCUT2D eigenvalue weighted by Crippen LogP contribution is 2.26. The maximum absolute atomic E-state index is 12.2. The van der Waals surface area contributed by atoms with Crippen molar-refractivity contribution < 1.29 is 8.42 Å². The van der Waals surface area contributed by atoms with E-state index in [1.807, 2.05) is 12.1 Å². The van der Waals surface area contributed by atoms with Crippen LogP contribution in [-0.4, -0.2) is 30.5 Å². The summed E-state index contributed by atoms with van der Waals surface area (Å²) in [7, 11) is -3.21. The number of pyridine rings is 1. The SMILES string of the molecule is O=S(=O)(CCc1ccncc1)NC1CCCCC1CBr. The van der Waals surface area contributed by atoms with Crippen molar-refractivity contribution in [3.05, 3.63) is 30.1 Å². The van der Waals surface area contributed by atoms with Crippen LogP contribution in [0.2, 0.25) is 0 Å². The third-order valence-corrected chi connectivity index (χ3v) is 6.08. The highest BCUT2D eigenvalue weighted by Gasteiger charge is 2.27. The minimum absolute atomic E-state index is 0.0885. The molecule has 112 valence electrons. The fourth-order valence-electron chi connectivity index (χ4n) is 2.64. The molecule has 0 spiro atoms. The Morgan fingerprint density at radius 1 is 1.25 bits per heavy atom. The van der Waals surface area contributed by atoms with E-state index >= 15 is 0 Å². The van der Waals surface area contributed by atoms with E-state index in [9.17, 15) is 8.42 Å². The fourth-order valence-corrected chi connectivity index (χ4v) is 4.81. The second kappa shape index (κ2) is 7.52. The Morgan fingerprint density at radius 3 is 2.65 bits per heavy atom. The van der Waals surface area contributed by atoms with Gasteiger partial charge in [-0.3, -0.25) is 4.98 Å². The lowest BCUT2D eigenvalue weighted by atomic mass is 9.87. The number of rotatable bonds is 6. The maximum Gasteiger partial charge on any atom is 0.212 e. The number of sulfonamides is 1. The van der Waals surface area contributed by atoms with E-state index in [-0.39, 0.29) is 11.8 Å². The van der Waals surface area contributed by atoms with E-state index in [4.69, 9.17) is 0 Å². The van der Waals surface area contributed by atoms with E-state index in [0.29, 0.717) is 12.3 Å². The van der Waals surface area contributed by atoms with Crippen molar-refractivity contribution in [2.75, 3.05) is 11.1 Å². The zero-order valence-corrected chi connectivity index (χ0v) is 13.9. The van der Waals surface area contributed by atoms with E-state index in [1.54, 1.807) is 12.4 Å². The van der Waals surface area contributed by atoms with Crippen LogP contribution < -0.4 is 4.72 Å². The van der Waals surface area contributed by atoms with Crippen molar-refractivity contribution >= 4 is 26.0 Å². The Hall–Kier alpha value is -0.460. The first-order chi connectivity index (χ1) is 9.61. The molecule has 0 bridgehead atoms. The van der Waals surface area contributed by atoms with Gasteiger partial charge in [0, 0.05) is 23.8 Å². The number of alkyl halides is 1. The molecule has 1 heterocycles. The molecule has 0 saturated heterocycles. The van der Waals surface area contributed by atoms with Crippen LogP contribution >= 0.6 is 15.9 Å². The van der Waals surface area contributed by atoms with Gasteiger partial charge in [0.1, 0.15) is 0 Å². The van der Waals surface area contributed by atoms with E-state index in [0.717, 1.165) is 30.2 Å². The number of aryl methyl sites for hydroxylation is 1. The number of nitrogens with one attached hydrogen (secondary N) is 1. The topological polar surface area (TPSA) is 59.1 Å². The Labute approximate surface area is 129 Å². The minimum Gasteiger partial charge on any atom is -0.265 e. The smallest absolute Gasteiger partial charge is 0.212 e. The second-order valence-electron chi connectivity index (χ2n) is 5.35. The molecular weight excluding hydrogens is 340 g/mol. The average Bonchev–Trinajstić information content (AvgIpc) is 2.47. The number of hydrogen-bond donors (Lipinski definition) is 1. The lowest BCUT2D eigenvalue weighted by molar-refractivity contribution is 0.316. The van der Waals surface area contributed by atoms with Crippen LogP contribution in [0.3, 0.4) is 0 Å². The Kier molecular flexibility index (Phi) is 5.99. The third kappa shape index (κ3) is 4.82. The largest absolute Gasteiger partial charge is 0.265 e. The summed E-state index contributed by atoms with van der Waals surface area (Å²) < 4.78 is 27.3. The van der Waals surface area contributed by atoms with Crippen LogP contribution in [0.4, 0.5) is 0 Å². The van der Waals surface area contributed by atoms with Crippen LogP contribution in [0, 0.1) is 5.92 Å². The van der Waals surface area contributed by atoms with Crippen LogP contribution in [0.1, 0.15) is 31.2 Å². The predicted molar refractivity (Wildman–Crippen MR) is 84.4 cm³/mol. The van der Waals surface area contributed by atoms with Gasteiger partial charge in [-0.1, -0.05) is 28.8 Å². The second-order valence-corrected chi connectivity index (χ2v) is 7.87. The summed E-state index contributed by atoms with van der Waals surface area (Å²) >= 11 is 3.49. The lowest BCUT2D eigenvalue weighted by Gasteiger charge is -2.30. The van der Waals surface area contributed by atoms with Gasteiger partial charge in [0.15, 0.2) is 0 Å². The van der Waals surface area contributed by atoms with Crippen molar-refractivity contribution in [1.29, 1.82) is 0 Å². The highest BCUT2D eigenvalue weighted by atomic mass is 79.9. The molecule has 1 N–H and O–H groups in total. The fraction of sp³-hybridized carbons (Fsp3) is 0.643. The number of aromatic nitrogens is 1. The molecule has 1 aromatic rings. The van der Waals surface area contributed by atoms with Crippen molar-refractivity contribution in [2.24, 2.45) is 5.92 Å². The molecule has 2 unspecified atom stereocenters. The Balaban J connectivity index is 1.90. The standard InChI is InChI=1S/C14H21BrN2O2S/c15-11-13-3-1-2-4-14(13)17-20(18,19)10-7-12-5-8-16-9-6-12/h5-6,8-9,13-14,17H,1-4,7,10-11H2. The first-order valence-electron chi connectivity index (χ1n) is 7.05. The van der Waals surface area contributed by atoms with Gasteiger partial charge in [0.05, 0.1) is 5.75 Å². The number of nitrogens with zero attached hydrogens (tertiary/aromatic N) is 1. The van der Waals surface area contributed by atoms with Gasteiger partial charge in [0.25, 0.3) is 0 Å². The Bertz CT molecular complexity index is 507. The summed E-state index contributed by atoms with van der Waals surface area (Å²) in [6.07, 6.45) is 8.28. The Morgan fingerprint density at radius 2 is 1.95 bits per heavy atom. The van der Waals surface area contributed by atoms with Gasteiger partial charge in [-0.25, -0.2) is 13.1 Å². The summed E-state index contributed by atoms with van der Waals surface area (Å²) in [6.45, 7) is 0. The van der Waals surface area contributed by atoms with Gasteiger partial charge in [-0.15, -0.1) is 0 Å². The maximum atomic E-state index is 12.2. The van der Waals surface area contributed by atoms with Crippen LogP contribution in [0.15, 0.2) is 24.5 Å². The van der Waals surface area contributed by atoms with Crippen molar-refractivity contribution in [1.82, 2.24) is 9.71 Å². The third-order valence-electron chi connectivity index (χ3n) is 3.85. The molecule has 2 rings (SSSR count). The zero-order chi connectivity index (χ0) is 14.4. The average molecular weight is 361 g/mol. The monoisotopic (exact) mass is 360 g/mol. The lowest BCUT2D eigenvalue weighted by Crippen LogP contribution is -2.43. The summed E-state index contributed by atoms with van der Waals surface area (Å²) in [5, 5.41) is 0.866. The van der Waals surface area contributed by atoms with E-state index < -0.39 is 10.0 Å². The molecule has 1 saturated carbocycles. The van der Waals surface area contributed by atoms with Gasteiger partial charge in [-0.2, -0.15) is 0 Å². The van der Waals surface area contributed by atoms with Gasteiger partial charge >= 0.3 is 0 Å². The quantitative estimate of drug-likeness (QED) is 0.792. The molecule has 1 aromatic heterocycles. The molecule has 1 aliphatic carbocycles. The van der Waals surface area contributed by atoms with Crippen molar-refractivity contribution in [3.8, 4) is 0 Å². The minimum atomic E-state index is -3.21. The molecule has 20 heavy (non-hydrogen) atoms. The molecule has 4 nitrogen and oxygen atoms in total. The molecule has 6 heteroatoms. The molecule has 1 fully saturated rings. The number of halogens is 1. The molecule has 0 aliphatic heterocycles. The van der Waals surface area contributed by atoms with Gasteiger partial charge < -0.3 is 0 Å². The highest BCUT2D eigenvalue weighted by molar-refractivity contribution is 9.09. The molecular formula is C14H21BrN2O2S. The summed E-state index contributed by atoms with van der Waals surface area (Å²) in [5.41, 5.74) is 1.01. The summed E-state index contributed by atoms with van der Waals surface area (Å²) in [4.78, 5) is 3.93. The molecule has 0 aromatic carbocycles. The molecule has 1 aliphatic rings. The molecule has 0 amide bonds. The normalized spacial score (nSPS) is 23.6. The van der Waals surface area contributed by atoms with Gasteiger partial charge in [-0.05, 0) is 42.9 Å². The zero-order valence-electron chi connectivity index (χ0n) is 11.5.